The normalized spacial score (nSPS) is 11.3. The molecule has 0 unspecified atom stereocenters. The van der Waals surface area contributed by atoms with Crippen LogP contribution in [0.3, 0.4) is 0 Å². The molecule has 1 aromatic heterocycles. The molecule has 9 heteroatoms. The molecule has 0 bridgehead atoms. The van der Waals surface area contributed by atoms with Crippen LogP contribution >= 0.6 is 0 Å². The van der Waals surface area contributed by atoms with E-state index in [0.29, 0.717) is 22.2 Å². The third kappa shape index (κ3) is 4.23. The van der Waals surface area contributed by atoms with E-state index in [2.05, 4.69) is 15.5 Å². The zero-order valence-corrected chi connectivity index (χ0v) is 16.4. The molecule has 0 fully saturated rings. The van der Waals surface area contributed by atoms with E-state index in [1.807, 2.05) is 0 Å². The minimum absolute atomic E-state index is 0.0332. The number of hydrogen-bond acceptors (Lipinski definition) is 6. The summed E-state index contributed by atoms with van der Waals surface area (Å²) >= 11 is 0. The van der Waals surface area contributed by atoms with Crippen LogP contribution in [0, 0.1) is 17.0 Å². The van der Waals surface area contributed by atoms with Gasteiger partial charge in [-0.05, 0) is 52.0 Å². The monoisotopic (exact) mass is 396 g/mol. The van der Waals surface area contributed by atoms with Gasteiger partial charge < -0.3 is 10.1 Å². The largest absolute Gasteiger partial charge is 0.455 e. The molecule has 0 atom stereocenters. The summed E-state index contributed by atoms with van der Waals surface area (Å²) in [7, 11) is 0. The molecule has 2 aromatic carbocycles. The van der Waals surface area contributed by atoms with Crippen molar-refractivity contribution in [2.75, 3.05) is 5.32 Å². The summed E-state index contributed by atoms with van der Waals surface area (Å²) in [6, 6.07) is 9.36. The molecule has 9 nitrogen and oxygen atoms in total. The van der Waals surface area contributed by atoms with E-state index in [4.69, 9.17) is 4.74 Å². The van der Waals surface area contributed by atoms with Crippen molar-refractivity contribution < 1.29 is 19.2 Å². The first-order valence-electron chi connectivity index (χ1n) is 8.83. The number of aryl methyl sites for hydroxylation is 1. The molecular weight excluding hydrogens is 376 g/mol. The highest BCUT2D eigenvalue weighted by molar-refractivity contribution is 6.09. The van der Waals surface area contributed by atoms with Gasteiger partial charge in [0, 0.05) is 16.6 Å². The van der Waals surface area contributed by atoms with Crippen molar-refractivity contribution in [1.29, 1.82) is 0 Å². The van der Waals surface area contributed by atoms with E-state index in [0.717, 1.165) is 0 Å². The number of rotatable bonds is 4. The Morgan fingerprint density at radius 1 is 1.21 bits per heavy atom. The van der Waals surface area contributed by atoms with Gasteiger partial charge >= 0.3 is 5.97 Å². The maximum Gasteiger partial charge on any atom is 0.360 e. The number of esters is 1. The van der Waals surface area contributed by atoms with Crippen LogP contribution in [0.1, 0.15) is 47.2 Å². The van der Waals surface area contributed by atoms with Crippen LogP contribution in [-0.4, -0.2) is 32.6 Å². The summed E-state index contributed by atoms with van der Waals surface area (Å²) in [6.07, 6.45) is 0. The van der Waals surface area contributed by atoms with Crippen molar-refractivity contribution >= 4 is 34.2 Å². The molecule has 1 heterocycles. The first-order valence-corrected chi connectivity index (χ1v) is 8.83. The minimum atomic E-state index is -0.654. The summed E-state index contributed by atoms with van der Waals surface area (Å²) < 4.78 is 5.33. The number of nitro benzene ring substituents is 1. The van der Waals surface area contributed by atoms with Crippen molar-refractivity contribution in [1.82, 2.24) is 10.2 Å². The van der Waals surface area contributed by atoms with Gasteiger partial charge in [-0.2, -0.15) is 5.10 Å². The van der Waals surface area contributed by atoms with Gasteiger partial charge in [0.2, 0.25) is 0 Å². The van der Waals surface area contributed by atoms with Crippen LogP contribution in [0.15, 0.2) is 36.4 Å². The minimum Gasteiger partial charge on any atom is -0.455 e. The van der Waals surface area contributed by atoms with Crippen molar-refractivity contribution in [3.63, 3.8) is 0 Å². The Balaban J connectivity index is 1.88. The first-order chi connectivity index (χ1) is 13.6. The standard InChI is InChI=1S/C20H20N4O5/c1-11-6-5-7-14(17(11)24(27)28)18(25)21-12-8-9-13-15(10-12)22-23-16(13)19(26)29-20(2,3)4/h5-10H,1-4H3,(H,21,25)(H,22,23). The number of aromatic nitrogens is 2. The van der Waals surface area contributed by atoms with Gasteiger partial charge in [-0.25, -0.2) is 4.79 Å². The van der Waals surface area contributed by atoms with E-state index < -0.39 is 22.4 Å². The number of carbonyl (C=O) groups is 2. The predicted molar refractivity (Wildman–Crippen MR) is 107 cm³/mol. The van der Waals surface area contributed by atoms with Crippen molar-refractivity contribution in [3.8, 4) is 0 Å². The van der Waals surface area contributed by atoms with Gasteiger partial charge in [0.1, 0.15) is 11.2 Å². The molecule has 2 N–H and O–H groups in total. The topological polar surface area (TPSA) is 127 Å². The molecule has 150 valence electrons. The second-order valence-corrected chi connectivity index (χ2v) is 7.52. The molecule has 3 aromatic rings. The fourth-order valence-electron chi connectivity index (χ4n) is 2.86. The molecule has 0 saturated carbocycles. The maximum atomic E-state index is 12.6. The van der Waals surface area contributed by atoms with E-state index in [9.17, 15) is 19.7 Å². The molecule has 0 aliphatic rings. The highest BCUT2D eigenvalue weighted by Crippen LogP contribution is 2.26. The molecule has 0 spiro atoms. The SMILES string of the molecule is Cc1cccc(C(=O)Nc2ccc3c(C(=O)OC(C)(C)C)n[nH]c3c2)c1[N+](=O)[O-]. The summed E-state index contributed by atoms with van der Waals surface area (Å²) in [4.78, 5) is 35.6. The van der Waals surface area contributed by atoms with Crippen LogP contribution in [0.25, 0.3) is 10.9 Å². The quantitative estimate of drug-likeness (QED) is 0.390. The Kier molecular flexibility index (Phi) is 5.06. The van der Waals surface area contributed by atoms with Crippen molar-refractivity contribution in [2.24, 2.45) is 0 Å². The second kappa shape index (κ2) is 7.34. The zero-order valence-electron chi connectivity index (χ0n) is 16.4. The van der Waals surface area contributed by atoms with Gasteiger partial charge in [-0.3, -0.25) is 20.0 Å². The summed E-state index contributed by atoms with van der Waals surface area (Å²) in [5.41, 5.74) is 0.531. The number of nitrogens with one attached hydrogen (secondary N) is 2. The third-order valence-corrected chi connectivity index (χ3v) is 4.08. The Bertz CT molecular complexity index is 1130. The summed E-state index contributed by atoms with van der Waals surface area (Å²) in [6.45, 7) is 6.86. The van der Waals surface area contributed by atoms with Gasteiger partial charge in [0.05, 0.1) is 10.4 Å². The Hall–Kier alpha value is -3.75. The Labute approximate surface area is 166 Å². The van der Waals surface area contributed by atoms with E-state index in [-0.39, 0.29) is 16.9 Å². The maximum absolute atomic E-state index is 12.6. The average Bonchev–Trinajstić information content (AvgIpc) is 3.03. The van der Waals surface area contributed by atoms with E-state index in [1.165, 1.54) is 6.07 Å². The molecule has 0 saturated heterocycles. The molecule has 3 rings (SSSR count). The molecule has 29 heavy (non-hydrogen) atoms. The second-order valence-electron chi connectivity index (χ2n) is 7.52. The lowest BCUT2D eigenvalue weighted by Gasteiger charge is -2.18. The Morgan fingerprint density at radius 3 is 2.59 bits per heavy atom. The first kappa shape index (κ1) is 20.0. The number of ether oxygens (including phenoxy) is 1. The van der Waals surface area contributed by atoms with Gasteiger partial charge in [-0.15, -0.1) is 0 Å². The van der Waals surface area contributed by atoms with Gasteiger partial charge in [0.15, 0.2) is 5.69 Å². The summed E-state index contributed by atoms with van der Waals surface area (Å²) in [5.74, 6) is -1.16. The van der Waals surface area contributed by atoms with Crippen molar-refractivity contribution in [2.45, 2.75) is 33.3 Å². The molecule has 1 amide bonds. The third-order valence-electron chi connectivity index (χ3n) is 4.08. The number of H-pyrrole nitrogens is 1. The van der Waals surface area contributed by atoms with Crippen LogP contribution in [0.4, 0.5) is 11.4 Å². The van der Waals surface area contributed by atoms with Crippen LogP contribution in [0.5, 0.6) is 0 Å². The number of hydrogen-bond donors (Lipinski definition) is 2. The lowest BCUT2D eigenvalue weighted by atomic mass is 10.1. The van der Waals surface area contributed by atoms with E-state index in [1.54, 1.807) is 58.0 Å². The number of para-hydroxylation sites is 1. The number of benzene rings is 2. The number of nitro groups is 1. The predicted octanol–water partition coefficient (Wildman–Crippen LogP) is 3.99. The van der Waals surface area contributed by atoms with Crippen LogP contribution in [0.2, 0.25) is 0 Å². The molecular formula is C20H20N4O5. The highest BCUT2D eigenvalue weighted by Gasteiger charge is 2.24. The van der Waals surface area contributed by atoms with Gasteiger partial charge in [0.25, 0.3) is 11.6 Å². The number of anilines is 1. The lowest BCUT2D eigenvalue weighted by molar-refractivity contribution is -0.385. The molecule has 0 aliphatic heterocycles. The Morgan fingerprint density at radius 2 is 1.93 bits per heavy atom. The number of aromatic amines is 1. The zero-order chi connectivity index (χ0) is 21.3. The highest BCUT2D eigenvalue weighted by atomic mass is 16.6. The molecule has 0 radical (unpaired) electrons. The average molecular weight is 396 g/mol. The summed E-state index contributed by atoms with van der Waals surface area (Å²) in [5, 5.41) is 21.2. The number of nitrogens with zero attached hydrogens (tertiary/aromatic N) is 2. The fourth-order valence-corrected chi connectivity index (χ4v) is 2.86. The van der Waals surface area contributed by atoms with Crippen molar-refractivity contribution in [3.05, 3.63) is 63.3 Å². The van der Waals surface area contributed by atoms with Gasteiger partial charge in [-0.1, -0.05) is 12.1 Å². The van der Waals surface area contributed by atoms with Crippen LogP contribution in [-0.2, 0) is 4.74 Å². The number of carbonyl (C=O) groups excluding carboxylic acids is 2. The lowest BCUT2D eigenvalue weighted by Crippen LogP contribution is -2.24. The fraction of sp³-hybridized carbons (Fsp3) is 0.250. The number of amides is 1. The number of fused-ring (bicyclic) bond motifs is 1. The smallest absolute Gasteiger partial charge is 0.360 e. The van der Waals surface area contributed by atoms with E-state index >= 15 is 0 Å². The molecule has 0 aliphatic carbocycles. The van der Waals surface area contributed by atoms with Crippen LogP contribution < -0.4 is 5.32 Å².